The Morgan fingerprint density at radius 3 is 2.68 bits per heavy atom. The lowest BCUT2D eigenvalue weighted by Crippen LogP contribution is -2.03. The van der Waals surface area contributed by atoms with Crippen molar-refractivity contribution in [3.63, 3.8) is 0 Å². The average molecular weight is 260 g/mol. The molecule has 1 aromatic heterocycles. The summed E-state index contributed by atoms with van der Waals surface area (Å²) < 4.78 is 7.45. The van der Waals surface area contributed by atoms with Crippen LogP contribution in [0.1, 0.15) is 17.0 Å². The average Bonchev–Trinajstić information content (AvgIpc) is 2.67. The molecule has 1 N–H and O–H groups in total. The van der Waals surface area contributed by atoms with E-state index in [1.54, 1.807) is 7.11 Å². The molecule has 0 unspecified atom stereocenters. The van der Waals surface area contributed by atoms with E-state index in [0.29, 0.717) is 6.42 Å². The third kappa shape index (κ3) is 2.49. The van der Waals surface area contributed by atoms with Gasteiger partial charge in [-0.05, 0) is 26.0 Å². The van der Waals surface area contributed by atoms with Crippen LogP contribution in [-0.2, 0) is 13.5 Å². The van der Waals surface area contributed by atoms with Crippen molar-refractivity contribution in [3.05, 3.63) is 35.2 Å². The number of aliphatic hydroxyl groups is 1. The smallest absolute Gasteiger partial charge is 0.143 e. The normalized spacial score (nSPS) is 10.8. The Bertz CT molecular complexity index is 588. The minimum absolute atomic E-state index is 0.130. The first-order valence-corrected chi connectivity index (χ1v) is 6.36. The van der Waals surface area contributed by atoms with Crippen molar-refractivity contribution in [1.29, 1.82) is 0 Å². The van der Waals surface area contributed by atoms with Gasteiger partial charge in [-0.1, -0.05) is 11.6 Å². The maximum absolute atomic E-state index is 9.13. The van der Waals surface area contributed by atoms with Crippen LogP contribution in [0.5, 0.6) is 5.75 Å². The summed E-state index contributed by atoms with van der Waals surface area (Å²) in [6.45, 7) is 4.15. The van der Waals surface area contributed by atoms with Gasteiger partial charge < -0.3 is 14.4 Å². The summed E-state index contributed by atoms with van der Waals surface area (Å²) in [5, 5.41) is 9.13. The molecule has 0 aliphatic rings. The quantitative estimate of drug-likeness (QED) is 0.917. The van der Waals surface area contributed by atoms with Crippen LogP contribution in [-0.4, -0.2) is 28.4 Å². The highest BCUT2D eigenvalue weighted by atomic mass is 16.5. The third-order valence-corrected chi connectivity index (χ3v) is 3.36. The highest BCUT2D eigenvalue weighted by molar-refractivity contribution is 5.66. The molecular weight excluding hydrogens is 240 g/mol. The van der Waals surface area contributed by atoms with Crippen molar-refractivity contribution in [1.82, 2.24) is 9.55 Å². The van der Waals surface area contributed by atoms with Gasteiger partial charge in [0.1, 0.15) is 11.6 Å². The lowest BCUT2D eigenvalue weighted by Gasteiger charge is -2.10. The van der Waals surface area contributed by atoms with Gasteiger partial charge >= 0.3 is 0 Å². The van der Waals surface area contributed by atoms with Crippen LogP contribution >= 0.6 is 0 Å². The Morgan fingerprint density at radius 1 is 1.32 bits per heavy atom. The summed E-state index contributed by atoms with van der Waals surface area (Å²) in [5.41, 5.74) is 4.16. The number of benzene rings is 1. The first-order chi connectivity index (χ1) is 9.08. The molecule has 0 saturated carbocycles. The van der Waals surface area contributed by atoms with Crippen LogP contribution < -0.4 is 4.74 Å². The summed E-state index contributed by atoms with van der Waals surface area (Å²) in [6, 6.07) is 6.05. The van der Waals surface area contributed by atoms with Crippen molar-refractivity contribution in [2.75, 3.05) is 13.7 Å². The second kappa shape index (κ2) is 5.45. The maximum atomic E-state index is 9.13. The number of aliphatic hydroxyl groups excluding tert-OH is 1. The zero-order valence-corrected chi connectivity index (χ0v) is 11.9. The molecule has 0 aliphatic heterocycles. The Balaban J connectivity index is 2.59. The van der Waals surface area contributed by atoms with E-state index in [4.69, 9.17) is 9.84 Å². The molecule has 102 valence electrons. The summed E-state index contributed by atoms with van der Waals surface area (Å²) >= 11 is 0. The molecule has 0 aliphatic carbocycles. The van der Waals surface area contributed by atoms with Gasteiger partial charge in [0.05, 0.1) is 18.4 Å². The highest BCUT2D eigenvalue weighted by Gasteiger charge is 2.16. The predicted octanol–water partition coefficient (Wildman–Crippen LogP) is 2.25. The SMILES string of the molecule is COc1ccc(C)cc1-c1nc(C)c(CCO)n1C. The molecule has 4 heteroatoms. The Morgan fingerprint density at radius 2 is 2.05 bits per heavy atom. The van der Waals surface area contributed by atoms with Crippen LogP contribution in [0.15, 0.2) is 18.2 Å². The van der Waals surface area contributed by atoms with Crippen molar-refractivity contribution in [2.45, 2.75) is 20.3 Å². The molecule has 0 fully saturated rings. The summed E-state index contributed by atoms with van der Waals surface area (Å²) in [6.07, 6.45) is 0.615. The summed E-state index contributed by atoms with van der Waals surface area (Å²) in [4.78, 5) is 4.62. The number of ether oxygens (including phenoxy) is 1. The monoisotopic (exact) mass is 260 g/mol. The van der Waals surface area contributed by atoms with Crippen LogP contribution in [0, 0.1) is 13.8 Å². The molecule has 1 heterocycles. The van der Waals surface area contributed by atoms with Gasteiger partial charge in [-0.2, -0.15) is 0 Å². The van der Waals surface area contributed by atoms with Crippen molar-refractivity contribution >= 4 is 0 Å². The molecule has 1 aromatic carbocycles. The van der Waals surface area contributed by atoms with E-state index in [9.17, 15) is 0 Å². The molecule has 4 nitrogen and oxygen atoms in total. The lowest BCUT2D eigenvalue weighted by molar-refractivity contribution is 0.296. The highest BCUT2D eigenvalue weighted by Crippen LogP contribution is 2.31. The van der Waals surface area contributed by atoms with Gasteiger partial charge in [0.15, 0.2) is 0 Å². The standard InChI is InChI=1S/C15H20N2O2/c1-10-5-6-14(19-4)12(9-10)15-16-11(2)13(7-8-18)17(15)3/h5-6,9,18H,7-8H2,1-4H3. The zero-order valence-electron chi connectivity index (χ0n) is 11.9. The zero-order chi connectivity index (χ0) is 14.0. The second-order valence-electron chi connectivity index (χ2n) is 4.70. The molecule has 0 spiro atoms. The van der Waals surface area contributed by atoms with Gasteiger partial charge in [-0.15, -0.1) is 0 Å². The first-order valence-electron chi connectivity index (χ1n) is 6.36. The fourth-order valence-electron chi connectivity index (χ4n) is 2.36. The molecule has 0 amide bonds. The van der Waals surface area contributed by atoms with E-state index in [-0.39, 0.29) is 6.61 Å². The minimum Gasteiger partial charge on any atom is -0.496 e. The fraction of sp³-hybridized carbons (Fsp3) is 0.400. The van der Waals surface area contributed by atoms with E-state index in [0.717, 1.165) is 28.5 Å². The Kier molecular flexibility index (Phi) is 3.90. The minimum atomic E-state index is 0.130. The van der Waals surface area contributed by atoms with Gasteiger partial charge in [0.2, 0.25) is 0 Å². The van der Waals surface area contributed by atoms with Crippen LogP contribution in [0.2, 0.25) is 0 Å². The van der Waals surface area contributed by atoms with Gasteiger partial charge in [0, 0.05) is 25.8 Å². The molecule has 0 radical (unpaired) electrons. The van der Waals surface area contributed by atoms with Gasteiger partial charge in [-0.25, -0.2) is 4.98 Å². The Hall–Kier alpha value is -1.81. The third-order valence-electron chi connectivity index (χ3n) is 3.36. The molecule has 19 heavy (non-hydrogen) atoms. The maximum Gasteiger partial charge on any atom is 0.143 e. The van der Waals surface area contributed by atoms with E-state index in [2.05, 4.69) is 11.1 Å². The van der Waals surface area contributed by atoms with Crippen molar-refractivity contribution in [3.8, 4) is 17.1 Å². The predicted molar refractivity (Wildman–Crippen MR) is 75.5 cm³/mol. The topological polar surface area (TPSA) is 47.3 Å². The van der Waals surface area contributed by atoms with E-state index in [1.165, 1.54) is 5.56 Å². The summed E-state index contributed by atoms with van der Waals surface area (Å²) in [5.74, 6) is 1.69. The van der Waals surface area contributed by atoms with E-state index >= 15 is 0 Å². The number of hydrogen-bond acceptors (Lipinski definition) is 3. The Labute approximate surface area is 113 Å². The van der Waals surface area contributed by atoms with Crippen LogP contribution in [0.3, 0.4) is 0 Å². The molecule has 0 atom stereocenters. The van der Waals surface area contributed by atoms with Crippen LogP contribution in [0.4, 0.5) is 0 Å². The first kappa shape index (κ1) is 13.6. The van der Waals surface area contributed by atoms with E-state index in [1.807, 2.05) is 37.6 Å². The number of nitrogens with zero attached hydrogens (tertiary/aromatic N) is 2. The number of rotatable bonds is 4. The van der Waals surface area contributed by atoms with Crippen LogP contribution in [0.25, 0.3) is 11.4 Å². The molecule has 2 aromatic rings. The number of aryl methyl sites for hydroxylation is 2. The van der Waals surface area contributed by atoms with Crippen molar-refractivity contribution in [2.24, 2.45) is 7.05 Å². The number of imidazole rings is 1. The number of methoxy groups -OCH3 is 1. The largest absolute Gasteiger partial charge is 0.496 e. The number of hydrogen-bond donors (Lipinski definition) is 1. The lowest BCUT2D eigenvalue weighted by atomic mass is 10.1. The number of aromatic nitrogens is 2. The van der Waals surface area contributed by atoms with Gasteiger partial charge in [-0.3, -0.25) is 0 Å². The van der Waals surface area contributed by atoms with E-state index < -0.39 is 0 Å². The molecular formula is C15H20N2O2. The van der Waals surface area contributed by atoms with Crippen molar-refractivity contribution < 1.29 is 9.84 Å². The molecule has 0 saturated heterocycles. The molecule has 0 bridgehead atoms. The molecule has 2 rings (SSSR count). The fourth-order valence-corrected chi connectivity index (χ4v) is 2.36. The van der Waals surface area contributed by atoms with Gasteiger partial charge in [0.25, 0.3) is 0 Å². The second-order valence-corrected chi connectivity index (χ2v) is 4.70. The summed E-state index contributed by atoms with van der Waals surface area (Å²) in [7, 11) is 3.64.